The highest BCUT2D eigenvalue weighted by atomic mass is 127. The quantitative estimate of drug-likeness (QED) is 0.393. The minimum absolute atomic E-state index is 0.0131. The third kappa shape index (κ3) is 3.05. The third-order valence-corrected chi connectivity index (χ3v) is 8.94. The van der Waals surface area contributed by atoms with Crippen molar-refractivity contribution in [1.29, 1.82) is 0 Å². The fourth-order valence-electron chi connectivity index (χ4n) is 3.14. The molecule has 1 aliphatic rings. The Hall–Kier alpha value is -1.92. The van der Waals surface area contributed by atoms with Crippen LogP contribution in [0, 0.1) is 10.5 Å². The van der Waals surface area contributed by atoms with Gasteiger partial charge in [0.1, 0.15) is 0 Å². The van der Waals surface area contributed by atoms with Crippen LogP contribution in [0.5, 0.6) is 11.5 Å². The summed E-state index contributed by atoms with van der Waals surface area (Å²) < 4.78 is 51.5. The highest BCUT2D eigenvalue weighted by Crippen LogP contribution is 2.51. The SMILES string of the molecule is Cc1cc(P(=O)(c2ccccc2)c2ccccc2)c(I)c2c1OC(F)(F)O2. The zero-order valence-corrected chi connectivity index (χ0v) is 17.2. The molecule has 4 rings (SSSR count). The first kappa shape index (κ1) is 18.4. The zero-order chi connectivity index (χ0) is 19.2. The summed E-state index contributed by atoms with van der Waals surface area (Å²) in [7, 11) is -3.30. The first-order chi connectivity index (χ1) is 12.8. The minimum atomic E-state index is -3.73. The van der Waals surface area contributed by atoms with Crippen LogP contribution in [0.25, 0.3) is 0 Å². The van der Waals surface area contributed by atoms with Gasteiger partial charge in [-0.05, 0) is 41.1 Å². The molecule has 3 nitrogen and oxygen atoms in total. The molecule has 0 bridgehead atoms. The smallest absolute Gasteiger partial charge is 0.395 e. The Morgan fingerprint density at radius 1 is 0.889 bits per heavy atom. The van der Waals surface area contributed by atoms with E-state index in [4.69, 9.17) is 4.74 Å². The fraction of sp³-hybridized carbons (Fsp3) is 0.100. The average molecular weight is 498 g/mol. The minimum Gasteiger partial charge on any atom is -0.395 e. The zero-order valence-electron chi connectivity index (χ0n) is 14.2. The van der Waals surface area contributed by atoms with Crippen molar-refractivity contribution in [3.63, 3.8) is 0 Å². The first-order valence-electron chi connectivity index (χ1n) is 8.14. The number of aryl methyl sites for hydroxylation is 1. The van der Waals surface area contributed by atoms with Crippen LogP contribution >= 0.6 is 29.7 Å². The highest BCUT2D eigenvalue weighted by Gasteiger charge is 2.47. The standard InChI is InChI=1S/C20H14F2IO3P/c1-13-12-16(17(23)19-18(13)25-20(21,22)26-19)27(24,14-8-4-2-5-9-14)15-10-6-3-7-11-15/h2-12H,1H3. The molecule has 0 spiro atoms. The summed E-state index contributed by atoms with van der Waals surface area (Å²) in [5.74, 6) is -0.0801. The second-order valence-corrected chi connectivity index (χ2v) is 9.94. The van der Waals surface area contributed by atoms with Crippen LogP contribution in [0.3, 0.4) is 0 Å². The summed E-state index contributed by atoms with van der Waals surface area (Å²) in [6, 6.07) is 19.7. The van der Waals surface area contributed by atoms with Crippen molar-refractivity contribution in [2.45, 2.75) is 13.2 Å². The Labute approximate surface area is 168 Å². The molecule has 0 radical (unpaired) electrons. The number of halogens is 3. The highest BCUT2D eigenvalue weighted by molar-refractivity contribution is 14.1. The van der Waals surface area contributed by atoms with E-state index in [0.717, 1.165) is 0 Å². The molecular weight excluding hydrogens is 484 g/mol. The largest absolute Gasteiger partial charge is 0.586 e. The van der Waals surface area contributed by atoms with Crippen LogP contribution in [0.4, 0.5) is 8.78 Å². The van der Waals surface area contributed by atoms with Gasteiger partial charge in [0.15, 0.2) is 18.6 Å². The number of rotatable bonds is 3. The molecule has 7 heteroatoms. The van der Waals surface area contributed by atoms with E-state index in [0.29, 0.717) is 25.0 Å². The Bertz CT molecular complexity index is 1010. The van der Waals surface area contributed by atoms with E-state index >= 15 is 0 Å². The molecule has 0 N–H and O–H groups in total. The van der Waals surface area contributed by atoms with Crippen LogP contribution < -0.4 is 25.4 Å². The Morgan fingerprint density at radius 3 is 1.89 bits per heavy atom. The van der Waals surface area contributed by atoms with Crippen molar-refractivity contribution in [3.8, 4) is 11.5 Å². The van der Waals surface area contributed by atoms with Gasteiger partial charge in [0.2, 0.25) is 0 Å². The number of hydrogen-bond donors (Lipinski definition) is 0. The van der Waals surface area contributed by atoms with Crippen molar-refractivity contribution in [2.75, 3.05) is 0 Å². The predicted molar refractivity (Wildman–Crippen MR) is 109 cm³/mol. The van der Waals surface area contributed by atoms with Crippen molar-refractivity contribution in [1.82, 2.24) is 0 Å². The predicted octanol–water partition coefficient (Wildman–Crippen LogP) is 4.56. The lowest BCUT2D eigenvalue weighted by atomic mass is 10.2. The molecule has 0 saturated carbocycles. The number of benzene rings is 3. The maximum Gasteiger partial charge on any atom is 0.586 e. The van der Waals surface area contributed by atoms with E-state index in [1.165, 1.54) is 0 Å². The molecular formula is C20H14F2IO3P. The number of hydrogen-bond acceptors (Lipinski definition) is 3. The van der Waals surface area contributed by atoms with Crippen LogP contribution in [0.15, 0.2) is 66.7 Å². The molecule has 3 aromatic carbocycles. The van der Waals surface area contributed by atoms with Gasteiger partial charge < -0.3 is 14.0 Å². The summed E-state index contributed by atoms with van der Waals surface area (Å²) in [6.07, 6.45) is -3.73. The summed E-state index contributed by atoms with van der Waals surface area (Å²) >= 11 is 1.91. The number of alkyl halides is 2. The van der Waals surface area contributed by atoms with Crippen LogP contribution in [0.2, 0.25) is 0 Å². The van der Waals surface area contributed by atoms with Crippen LogP contribution in [-0.4, -0.2) is 6.29 Å². The van der Waals surface area contributed by atoms with Crippen molar-refractivity contribution < 1.29 is 22.8 Å². The Balaban J connectivity index is 2.02. The topological polar surface area (TPSA) is 35.5 Å². The molecule has 0 aromatic heterocycles. The fourth-order valence-corrected chi connectivity index (χ4v) is 7.46. The molecule has 0 amide bonds. The maximum atomic E-state index is 14.5. The molecule has 138 valence electrons. The van der Waals surface area contributed by atoms with Gasteiger partial charge >= 0.3 is 6.29 Å². The Morgan fingerprint density at radius 2 is 1.37 bits per heavy atom. The van der Waals surface area contributed by atoms with Crippen molar-refractivity contribution >= 4 is 45.6 Å². The van der Waals surface area contributed by atoms with Crippen LogP contribution in [0.1, 0.15) is 5.56 Å². The van der Waals surface area contributed by atoms with Crippen molar-refractivity contribution in [2.24, 2.45) is 0 Å². The molecule has 0 fully saturated rings. The van der Waals surface area contributed by atoms with Gasteiger partial charge in [-0.3, -0.25) is 0 Å². The molecule has 0 aliphatic carbocycles. The second-order valence-electron chi connectivity index (χ2n) is 6.13. The van der Waals surface area contributed by atoms with E-state index < -0.39 is 13.4 Å². The van der Waals surface area contributed by atoms with Crippen LogP contribution in [-0.2, 0) is 4.57 Å². The number of ether oxygens (including phenoxy) is 2. The number of fused-ring (bicyclic) bond motifs is 1. The second kappa shape index (κ2) is 6.60. The van der Waals surface area contributed by atoms with E-state index in [1.807, 2.05) is 59.0 Å². The lowest BCUT2D eigenvalue weighted by molar-refractivity contribution is -0.287. The average Bonchev–Trinajstić information content (AvgIpc) is 3.02. The van der Waals surface area contributed by atoms with E-state index in [9.17, 15) is 13.3 Å². The lowest BCUT2D eigenvalue weighted by Crippen LogP contribution is -2.28. The van der Waals surface area contributed by atoms with Gasteiger partial charge in [-0.2, -0.15) is 0 Å². The van der Waals surface area contributed by atoms with Gasteiger partial charge in [0.05, 0.1) is 3.57 Å². The van der Waals surface area contributed by atoms with Gasteiger partial charge in [-0.1, -0.05) is 60.7 Å². The van der Waals surface area contributed by atoms with E-state index in [-0.39, 0.29) is 11.5 Å². The maximum absolute atomic E-state index is 14.5. The molecule has 0 unspecified atom stereocenters. The molecule has 27 heavy (non-hydrogen) atoms. The van der Waals surface area contributed by atoms with Gasteiger partial charge in [-0.25, -0.2) is 0 Å². The molecule has 3 aromatic rings. The van der Waals surface area contributed by atoms with E-state index in [1.54, 1.807) is 37.3 Å². The monoisotopic (exact) mass is 498 g/mol. The van der Waals surface area contributed by atoms with Crippen molar-refractivity contribution in [3.05, 3.63) is 75.9 Å². The Kier molecular flexibility index (Phi) is 4.51. The molecule has 1 heterocycles. The summed E-state index contributed by atoms with van der Waals surface area (Å²) in [5.41, 5.74) is 0.449. The summed E-state index contributed by atoms with van der Waals surface area (Å²) in [5, 5.41) is 1.70. The van der Waals surface area contributed by atoms with Gasteiger partial charge in [-0.15, -0.1) is 8.78 Å². The van der Waals surface area contributed by atoms with Gasteiger partial charge in [0.25, 0.3) is 0 Å². The summed E-state index contributed by atoms with van der Waals surface area (Å²) in [4.78, 5) is 0. The summed E-state index contributed by atoms with van der Waals surface area (Å²) in [6.45, 7) is 1.64. The molecule has 1 aliphatic heterocycles. The third-order valence-electron chi connectivity index (χ3n) is 4.36. The lowest BCUT2D eigenvalue weighted by Gasteiger charge is -2.22. The molecule has 0 saturated heterocycles. The first-order valence-corrected chi connectivity index (χ1v) is 10.9. The molecule has 0 atom stereocenters. The van der Waals surface area contributed by atoms with Gasteiger partial charge in [0, 0.05) is 15.9 Å². The normalized spacial score (nSPS) is 15.0. The van der Waals surface area contributed by atoms with E-state index in [2.05, 4.69) is 4.74 Å².